The quantitative estimate of drug-likeness (QED) is 0.827. The molecule has 0 unspecified atom stereocenters. The summed E-state index contributed by atoms with van der Waals surface area (Å²) in [5.74, 6) is 0. The Bertz CT molecular complexity index is 341. The largest absolute Gasteiger partial charge is 0.381 e. The van der Waals surface area contributed by atoms with Crippen molar-refractivity contribution in [1.29, 1.82) is 0 Å². The van der Waals surface area contributed by atoms with Crippen molar-refractivity contribution in [2.75, 3.05) is 27.3 Å². The van der Waals surface area contributed by atoms with Gasteiger partial charge >= 0.3 is 0 Å². The van der Waals surface area contributed by atoms with Gasteiger partial charge in [0.05, 0.1) is 0 Å². The van der Waals surface area contributed by atoms with E-state index in [9.17, 15) is 0 Å². The molecule has 1 heterocycles. The smallest absolute Gasteiger partial charge is 0.0498 e. The Morgan fingerprint density at radius 2 is 1.69 bits per heavy atom. The van der Waals surface area contributed by atoms with E-state index in [1.165, 1.54) is 5.56 Å². The molecular formula is C13H18BrNO. The van der Waals surface area contributed by atoms with Gasteiger partial charge in [-0.1, -0.05) is 28.1 Å². The second kappa shape index (κ2) is 4.86. The van der Waals surface area contributed by atoms with Crippen molar-refractivity contribution < 1.29 is 4.74 Å². The summed E-state index contributed by atoms with van der Waals surface area (Å²) in [6, 6.07) is 8.68. The lowest BCUT2D eigenvalue weighted by molar-refractivity contribution is -0.0105. The summed E-state index contributed by atoms with van der Waals surface area (Å²) in [5.41, 5.74) is 1.54. The first-order valence-corrected chi connectivity index (χ1v) is 6.46. The molecule has 0 saturated carbocycles. The van der Waals surface area contributed by atoms with Crippen LogP contribution in [0.5, 0.6) is 0 Å². The molecule has 0 spiro atoms. The van der Waals surface area contributed by atoms with Gasteiger partial charge in [-0.15, -0.1) is 0 Å². The molecule has 88 valence electrons. The highest BCUT2D eigenvalue weighted by molar-refractivity contribution is 9.10. The Balaban J connectivity index is 2.34. The molecule has 0 aromatic heterocycles. The number of nitrogens with zero attached hydrogens (tertiary/aromatic N) is 1. The average Bonchev–Trinajstić information content (AvgIpc) is 2.30. The Hall–Kier alpha value is -0.380. The molecule has 0 atom stereocenters. The van der Waals surface area contributed by atoms with Crippen LogP contribution in [0, 0.1) is 0 Å². The number of benzene rings is 1. The Morgan fingerprint density at radius 3 is 2.19 bits per heavy atom. The summed E-state index contributed by atoms with van der Waals surface area (Å²) in [6.45, 7) is 1.71. The summed E-state index contributed by atoms with van der Waals surface area (Å²) < 4.78 is 6.62. The molecule has 1 saturated heterocycles. The van der Waals surface area contributed by atoms with Gasteiger partial charge in [-0.3, -0.25) is 4.90 Å². The molecule has 2 nitrogen and oxygen atoms in total. The zero-order chi connectivity index (χ0) is 11.6. The van der Waals surface area contributed by atoms with Crippen molar-refractivity contribution in [3.05, 3.63) is 34.3 Å². The van der Waals surface area contributed by atoms with E-state index in [4.69, 9.17) is 4.74 Å². The van der Waals surface area contributed by atoms with E-state index >= 15 is 0 Å². The monoisotopic (exact) mass is 283 g/mol. The molecule has 16 heavy (non-hydrogen) atoms. The van der Waals surface area contributed by atoms with Gasteiger partial charge < -0.3 is 4.74 Å². The highest BCUT2D eigenvalue weighted by atomic mass is 79.9. The molecule has 1 aromatic carbocycles. The Morgan fingerprint density at radius 1 is 1.12 bits per heavy atom. The van der Waals surface area contributed by atoms with Gasteiger partial charge in [-0.2, -0.15) is 0 Å². The van der Waals surface area contributed by atoms with Gasteiger partial charge in [0.2, 0.25) is 0 Å². The van der Waals surface area contributed by atoms with E-state index < -0.39 is 0 Å². The molecule has 3 heteroatoms. The van der Waals surface area contributed by atoms with Crippen LogP contribution in [0.2, 0.25) is 0 Å². The number of ether oxygens (including phenoxy) is 1. The van der Waals surface area contributed by atoms with Gasteiger partial charge in [0.15, 0.2) is 0 Å². The molecule has 2 rings (SSSR count). The van der Waals surface area contributed by atoms with Crippen LogP contribution >= 0.6 is 15.9 Å². The van der Waals surface area contributed by atoms with E-state index in [1.54, 1.807) is 0 Å². The maximum atomic E-state index is 5.48. The van der Waals surface area contributed by atoms with E-state index in [-0.39, 0.29) is 5.54 Å². The van der Waals surface area contributed by atoms with Crippen LogP contribution in [0.1, 0.15) is 18.4 Å². The highest BCUT2D eigenvalue weighted by Crippen LogP contribution is 2.36. The molecule has 0 radical (unpaired) electrons. The fourth-order valence-corrected chi connectivity index (χ4v) is 2.73. The van der Waals surface area contributed by atoms with Gasteiger partial charge in [0, 0.05) is 23.2 Å². The maximum Gasteiger partial charge on any atom is 0.0498 e. The lowest BCUT2D eigenvalue weighted by atomic mass is 9.81. The summed E-state index contributed by atoms with van der Waals surface area (Å²) in [4.78, 5) is 2.33. The highest BCUT2D eigenvalue weighted by Gasteiger charge is 2.36. The van der Waals surface area contributed by atoms with Gasteiger partial charge in [0.25, 0.3) is 0 Å². The van der Waals surface area contributed by atoms with Gasteiger partial charge in [-0.05, 0) is 44.6 Å². The van der Waals surface area contributed by atoms with Gasteiger partial charge in [0.1, 0.15) is 0 Å². The maximum absolute atomic E-state index is 5.48. The van der Waals surface area contributed by atoms with Crippen molar-refractivity contribution in [2.24, 2.45) is 0 Å². The normalized spacial score (nSPS) is 20.0. The molecule has 0 amide bonds. The molecule has 0 N–H and O–H groups in total. The predicted octanol–water partition coefficient (Wildman–Crippen LogP) is 3.02. The lowest BCUT2D eigenvalue weighted by Crippen LogP contribution is -2.45. The SMILES string of the molecule is CN(C)C1(c2ccc(Br)cc2)CCOCC1. The van der Waals surface area contributed by atoms with Crippen molar-refractivity contribution in [1.82, 2.24) is 4.90 Å². The molecule has 1 aromatic rings. The van der Waals surface area contributed by atoms with E-state index in [1.807, 2.05) is 0 Å². The van der Waals surface area contributed by atoms with Crippen molar-refractivity contribution in [2.45, 2.75) is 18.4 Å². The summed E-state index contributed by atoms with van der Waals surface area (Å²) in [6.07, 6.45) is 2.14. The molecule has 1 aliphatic rings. The zero-order valence-corrected chi connectivity index (χ0v) is 11.5. The molecule has 1 fully saturated rings. The van der Waals surface area contributed by atoms with Crippen LogP contribution in [-0.2, 0) is 10.3 Å². The van der Waals surface area contributed by atoms with E-state index in [0.717, 1.165) is 30.5 Å². The third-order valence-corrected chi connectivity index (χ3v) is 4.09. The van der Waals surface area contributed by atoms with Crippen LogP contribution in [0.25, 0.3) is 0 Å². The second-order valence-corrected chi connectivity index (χ2v) is 5.46. The topological polar surface area (TPSA) is 12.5 Å². The van der Waals surface area contributed by atoms with Gasteiger partial charge in [-0.25, -0.2) is 0 Å². The summed E-state index contributed by atoms with van der Waals surface area (Å²) in [7, 11) is 4.32. The first-order valence-electron chi connectivity index (χ1n) is 5.66. The van der Waals surface area contributed by atoms with Crippen LogP contribution in [0.15, 0.2) is 28.7 Å². The van der Waals surface area contributed by atoms with E-state index in [2.05, 4.69) is 59.2 Å². The third kappa shape index (κ3) is 2.17. The molecule has 0 aliphatic carbocycles. The number of halogens is 1. The fraction of sp³-hybridized carbons (Fsp3) is 0.538. The van der Waals surface area contributed by atoms with Crippen LogP contribution < -0.4 is 0 Å². The molecule has 0 bridgehead atoms. The Labute approximate surface area is 106 Å². The van der Waals surface area contributed by atoms with Crippen LogP contribution in [-0.4, -0.2) is 32.2 Å². The van der Waals surface area contributed by atoms with Crippen LogP contribution in [0.4, 0.5) is 0 Å². The predicted molar refractivity (Wildman–Crippen MR) is 69.6 cm³/mol. The van der Waals surface area contributed by atoms with E-state index in [0.29, 0.717) is 0 Å². The minimum atomic E-state index is 0.152. The minimum Gasteiger partial charge on any atom is -0.381 e. The average molecular weight is 284 g/mol. The summed E-state index contributed by atoms with van der Waals surface area (Å²) in [5, 5.41) is 0. The standard InChI is InChI=1S/C13H18BrNO/c1-15(2)13(7-9-16-10-8-13)11-3-5-12(14)6-4-11/h3-6H,7-10H2,1-2H3. The number of hydrogen-bond acceptors (Lipinski definition) is 2. The first kappa shape index (κ1) is 12.1. The molecular weight excluding hydrogens is 266 g/mol. The fourth-order valence-electron chi connectivity index (χ4n) is 2.46. The number of rotatable bonds is 2. The zero-order valence-electron chi connectivity index (χ0n) is 9.87. The third-order valence-electron chi connectivity index (χ3n) is 3.56. The van der Waals surface area contributed by atoms with Crippen molar-refractivity contribution in [3.63, 3.8) is 0 Å². The van der Waals surface area contributed by atoms with Crippen LogP contribution in [0.3, 0.4) is 0 Å². The second-order valence-electron chi connectivity index (χ2n) is 4.55. The summed E-state index contributed by atoms with van der Waals surface area (Å²) >= 11 is 3.49. The number of hydrogen-bond donors (Lipinski definition) is 0. The Kier molecular flexibility index (Phi) is 3.67. The minimum absolute atomic E-state index is 0.152. The first-order chi connectivity index (χ1) is 7.65. The molecule has 1 aliphatic heterocycles. The lowest BCUT2D eigenvalue weighted by Gasteiger charge is -2.43. The van der Waals surface area contributed by atoms with Crippen molar-refractivity contribution >= 4 is 15.9 Å². The van der Waals surface area contributed by atoms with Crippen molar-refractivity contribution in [3.8, 4) is 0 Å².